The summed E-state index contributed by atoms with van der Waals surface area (Å²) in [4.78, 5) is 24.1. The van der Waals surface area contributed by atoms with Crippen molar-refractivity contribution in [3.05, 3.63) is 64.4 Å². The molecular formula is C22H22ClN5O2S. The average molecular weight is 456 g/mol. The molecule has 1 unspecified atom stereocenters. The van der Waals surface area contributed by atoms with Gasteiger partial charge in [-0.05, 0) is 55.2 Å². The zero-order valence-electron chi connectivity index (χ0n) is 17.2. The fourth-order valence-electron chi connectivity index (χ4n) is 3.40. The lowest BCUT2D eigenvalue weighted by molar-refractivity contribution is -0.119. The highest BCUT2D eigenvalue weighted by molar-refractivity contribution is 7.99. The Balaban J connectivity index is 1.37. The van der Waals surface area contributed by atoms with Gasteiger partial charge >= 0.3 is 0 Å². The van der Waals surface area contributed by atoms with Crippen LogP contribution >= 0.6 is 23.4 Å². The van der Waals surface area contributed by atoms with Crippen LogP contribution < -0.4 is 10.6 Å². The van der Waals surface area contributed by atoms with Crippen molar-refractivity contribution in [3.63, 3.8) is 0 Å². The van der Waals surface area contributed by atoms with Gasteiger partial charge in [-0.15, -0.1) is 10.2 Å². The molecule has 31 heavy (non-hydrogen) atoms. The van der Waals surface area contributed by atoms with Gasteiger partial charge < -0.3 is 10.6 Å². The molecule has 3 aromatic rings. The summed E-state index contributed by atoms with van der Waals surface area (Å²) in [6.07, 6.45) is 2.81. The summed E-state index contributed by atoms with van der Waals surface area (Å²) in [5.41, 5.74) is 4.79. The highest BCUT2D eigenvalue weighted by Crippen LogP contribution is 2.27. The Hall–Kier alpha value is -2.84. The molecule has 0 radical (unpaired) electrons. The van der Waals surface area contributed by atoms with Crippen LogP contribution in [0.4, 0.5) is 5.69 Å². The van der Waals surface area contributed by atoms with Crippen molar-refractivity contribution in [3.8, 4) is 5.69 Å². The monoisotopic (exact) mass is 455 g/mol. The number of nitrogens with zero attached hydrogens (tertiary/aromatic N) is 3. The van der Waals surface area contributed by atoms with Gasteiger partial charge in [0.15, 0.2) is 5.16 Å². The first kappa shape index (κ1) is 21.4. The minimum absolute atomic E-state index is 0.0411. The van der Waals surface area contributed by atoms with E-state index in [9.17, 15) is 9.59 Å². The number of benzene rings is 2. The number of rotatable bonds is 6. The van der Waals surface area contributed by atoms with Crippen LogP contribution in [0.1, 0.15) is 36.1 Å². The van der Waals surface area contributed by atoms with Crippen LogP contribution in [0, 0.1) is 6.92 Å². The van der Waals surface area contributed by atoms with Crippen LogP contribution in [0.5, 0.6) is 0 Å². The summed E-state index contributed by atoms with van der Waals surface area (Å²) in [6, 6.07) is 11.5. The van der Waals surface area contributed by atoms with Crippen LogP contribution in [0.15, 0.2) is 47.9 Å². The van der Waals surface area contributed by atoms with Crippen molar-refractivity contribution in [2.24, 2.45) is 0 Å². The molecule has 1 aliphatic heterocycles. The SMILES string of the molecule is Cc1ccc(-n2cnnc2SCC(=O)NC(C)c2ccc3c(c2)CCC(=O)N3)cc1Cl. The quantitative estimate of drug-likeness (QED) is 0.546. The van der Waals surface area contributed by atoms with Crippen molar-refractivity contribution in [1.82, 2.24) is 20.1 Å². The number of hydrogen-bond donors (Lipinski definition) is 2. The van der Waals surface area contributed by atoms with E-state index in [1.165, 1.54) is 11.8 Å². The Morgan fingerprint density at radius 3 is 2.94 bits per heavy atom. The molecule has 2 N–H and O–H groups in total. The molecule has 2 aromatic carbocycles. The van der Waals surface area contributed by atoms with Crippen molar-refractivity contribution in [2.75, 3.05) is 11.1 Å². The number of aromatic nitrogens is 3. The first-order chi connectivity index (χ1) is 14.9. The fraction of sp³-hybridized carbons (Fsp3) is 0.273. The molecule has 4 rings (SSSR count). The first-order valence-corrected chi connectivity index (χ1v) is 11.3. The van der Waals surface area contributed by atoms with Gasteiger partial charge in [0.2, 0.25) is 11.8 Å². The van der Waals surface area contributed by atoms with E-state index in [4.69, 9.17) is 11.6 Å². The molecule has 0 saturated heterocycles. The lowest BCUT2D eigenvalue weighted by Gasteiger charge is -2.20. The second-order valence-electron chi connectivity index (χ2n) is 7.46. The van der Waals surface area contributed by atoms with Crippen LogP contribution in [0.2, 0.25) is 5.02 Å². The predicted octanol–water partition coefficient (Wildman–Crippen LogP) is 4.08. The van der Waals surface area contributed by atoms with Gasteiger partial charge in [0, 0.05) is 17.1 Å². The number of fused-ring (bicyclic) bond motifs is 1. The van der Waals surface area contributed by atoms with Gasteiger partial charge in [0.05, 0.1) is 17.5 Å². The molecule has 0 saturated carbocycles. The number of nitrogens with one attached hydrogen (secondary N) is 2. The lowest BCUT2D eigenvalue weighted by atomic mass is 9.98. The van der Waals surface area contributed by atoms with Gasteiger partial charge in [-0.3, -0.25) is 14.2 Å². The van der Waals surface area contributed by atoms with E-state index < -0.39 is 0 Å². The third kappa shape index (κ3) is 4.91. The zero-order chi connectivity index (χ0) is 22.0. The third-order valence-corrected chi connectivity index (χ3v) is 6.53. The molecule has 0 bridgehead atoms. The second kappa shape index (κ2) is 9.11. The molecule has 2 amide bonds. The van der Waals surface area contributed by atoms with E-state index in [2.05, 4.69) is 20.8 Å². The van der Waals surface area contributed by atoms with Crippen LogP contribution in [0.25, 0.3) is 5.69 Å². The van der Waals surface area contributed by atoms with E-state index in [0.29, 0.717) is 23.0 Å². The first-order valence-electron chi connectivity index (χ1n) is 9.92. The maximum atomic E-state index is 12.5. The summed E-state index contributed by atoms with van der Waals surface area (Å²) in [5.74, 6) is 0.156. The number of thioether (sulfide) groups is 1. The highest BCUT2D eigenvalue weighted by atomic mass is 35.5. The largest absolute Gasteiger partial charge is 0.349 e. The topological polar surface area (TPSA) is 88.9 Å². The maximum absolute atomic E-state index is 12.5. The Morgan fingerprint density at radius 1 is 1.29 bits per heavy atom. The van der Waals surface area contributed by atoms with Crippen molar-refractivity contribution in [1.29, 1.82) is 0 Å². The molecule has 2 heterocycles. The van der Waals surface area contributed by atoms with Crippen LogP contribution in [-0.2, 0) is 16.0 Å². The molecule has 9 heteroatoms. The molecule has 0 aliphatic carbocycles. The van der Waals surface area contributed by atoms with E-state index >= 15 is 0 Å². The molecule has 7 nitrogen and oxygen atoms in total. The van der Waals surface area contributed by atoms with Gasteiger partial charge in [0.1, 0.15) is 6.33 Å². The molecule has 1 aromatic heterocycles. The third-order valence-electron chi connectivity index (χ3n) is 5.18. The number of amides is 2. The Kier molecular flexibility index (Phi) is 6.29. The van der Waals surface area contributed by atoms with E-state index in [-0.39, 0.29) is 23.6 Å². The van der Waals surface area contributed by atoms with Gasteiger partial charge in [-0.25, -0.2) is 0 Å². The number of hydrogen-bond acceptors (Lipinski definition) is 5. The number of carbonyl (C=O) groups excluding carboxylic acids is 2. The average Bonchev–Trinajstić information content (AvgIpc) is 3.22. The molecule has 0 fully saturated rings. The molecule has 0 spiro atoms. The Morgan fingerprint density at radius 2 is 2.13 bits per heavy atom. The smallest absolute Gasteiger partial charge is 0.230 e. The number of halogens is 1. The van der Waals surface area contributed by atoms with E-state index in [1.54, 1.807) is 6.33 Å². The minimum Gasteiger partial charge on any atom is -0.349 e. The van der Waals surface area contributed by atoms with Crippen molar-refractivity contribution < 1.29 is 9.59 Å². The molecule has 1 atom stereocenters. The summed E-state index contributed by atoms with van der Waals surface area (Å²) in [7, 11) is 0. The molecule has 1 aliphatic rings. The van der Waals surface area contributed by atoms with Gasteiger partial charge in [-0.1, -0.05) is 41.6 Å². The maximum Gasteiger partial charge on any atom is 0.230 e. The molecular weight excluding hydrogens is 434 g/mol. The van der Waals surface area contributed by atoms with Crippen LogP contribution in [-0.4, -0.2) is 32.3 Å². The van der Waals surface area contributed by atoms with Gasteiger partial charge in [0.25, 0.3) is 0 Å². The number of aryl methyl sites for hydroxylation is 2. The number of carbonyl (C=O) groups is 2. The van der Waals surface area contributed by atoms with Gasteiger partial charge in [-0.2, -0.15) is 0 Å². The van der Waals surface area contributed by atoms with Crippen molar-refractivity contribution in [2.45, 2.75) is 37.9 Å². The Labute approximate surface area is 189 Å². The minimum atomic E-state index is -0.148. The predicted molar refractivity (Wildman–Crippen MR) is 122 cm³/mol. The fourth-order valence-corrected chi connectivity index (χ4v) is 4.32. The number of anilines is 1. The highest BCUT2D eigenvalue weighted by Gasteiger charge is 2.18. The standard InChI is InChI=1S/C22H22ClN5O2S/c1-13-3-6-17(10-18(13)23)28-12-24-27-22(28)31-11-21(30)25-14(2)15-4-7-19-16(9-15)5-8-20(29)26-19/h3-4,6-7,9-10,12,14H,5,8,11H2,1-2H3,(H,25,30)(H,26,29). The summed E-state index contributed by atoms with van der Waals surface area (Å²) in [6.45, 7) is 3.89. The van der Waals surface area contributed by atoms with E-state index in [1.807, 2.05) is 54.8 Å². The summed E-state index contributed by atoms with van der Waals surface area (Å²) in [5, 5.41) is 15.3. The van der Waals surface area contributed by atoms with Crippen molar-refractivity contribution >= 4 is 40.9 Å². The second-order valence-corrected chi connectivity index (χ2v) is 8.81. The Bertz CT molecular complexity index is 1150. The normalized spacial score (nSPS) is 14.0. The van der Waals surface area contributed by atoms with Crippen LogP contribution in [0.3, 0.4) is 0 Å². The van der Waals surface area contributed by atoms with E-state index in [0.717, 1.165) is 28.1 Å². The molecule has 160 valence electrons. The lowest BCUT2D eigenvalue weighted by Crippen LogP contribution is -2.28. The summed E-state index contributed by atoms with van der Waals surface area (Å²) < 4.78 is 1.81. The summed E-state index contributed by atoms with van der Waals surface area (Å²) >= 11 is 7.55. The zero-order valence-corrected chi connectivity index (χ0v) is 18.8.